The topological polar surface area (TPSA) is 56.3 Å². The predicted octanol–water partition coefficient (Wildman–Crippen LogP) is 1.71. The molecule has 1 fully saturated rings. The number of hydrogen-bond acceptors (Lipinski definition) is 5. The zero-order valence-electron chi connectivity index (χ0n) is 10.2. The van der Waals surface area contributed by atoms with Crippen LogP contribution >= 0.6 is 0 Å². The van der Waals surface area contributed by atoms with E-state index in [1.807, 2.05) is 0 Å². The van der Waals surface area contributed by atoms with Gasteiger partial charge in [-0.2, -0.15) is 0 Å². The number of ether oxygens (including phenoxy) is 2. The van der Waals surface area contributed by atoms with Crippen molar-refractivity contribution in [3.05, 3.63) is 12.4 Å². The van der Waals surface area contributed by atoms with Crippen LogP contribution in [0.25, 0.3) is 0 Å². The molecule has 1 aromatic rings. The van der Waals surface area contributed by atoms with E-state index < -0.39 is 0 Å². The first kappa shape index (κ1) is 12.1. The highest BCUT2D eigenvalue weighted by Crippen LogP contribution is 2.28. The average molecular weight is 237 g/mol. The number of hydrogen-bond donors (Lipinski definition) is 1. The summed E-state index contributed by atoms with van der Waals surface area (Å²) >= 11 is 0. The Morgan fingerprint density at radius 1 is 1.41 bits per heavy atom. The molecule has 0 spiro atoms. The summed E-state index contributed by atoms with van der Waals surface area (Å²) in [7, 11) is 1.60. The van der Waals surface area contributed by atoms with Crippen LogP contribution in [0.5, 0.6) is 5.88 Å². The van der Waals surface area contributed by atoms with Gasteiger partial charge in [-0.05, 0) is 25.2 Å². The summed E-state index contributed by atoms with van der Waals surface area (Å²) in [4.78, 5) is 8.04. The van der Waals surface area contributed by atoms with Gasteiger partial charge in [-0.1, -0.05) is 0 Å². The van der Waals surface area contributed by atoms with Crippen molar-refractivity contribution in [1.29, 1.82) is 0 Å². The fourth-order valence-corrected chi connectivity index (χ4v) is 1.47. The second kappa shape index (κ2) is 6.39. The Kier molecular flexibility index (Phi) is 4.55. The molecule has 0 bridgehead atoms. The zero-order chi connectivity index (χ0) is 11.9. The molecule has 5 nitrogen and oxygen atoms in total. The van der Waals surface area contributed by atoms with Gasteiger partial charge in [0.25, 0.3) is 0 Å². The molecule has 0 radical (unpaired) electrons. The first-order valence-electron chi connectivity index (χ1n) is 6.06. The number of rotatable bonds is 8. The van der Waals surface area contributed by atoms with E-state index in [2.05, 4.69) is 15.3 Å². The van der Waals surface area contributed by atoms with Gasteiger partial charge in [0, 0.05) is 25.8 Å². The molecule has 1 heterocycles. The third-order valence-electron chi connectivity index (χ3n) is 2.67. The molecule has 1 aliphatic carbocycles. The number of nitrogens with zero attached hydrogens (tertiary/aromatic N) is 2. The van der Waals surface area contributed by atoms with Gasteiger partial charge in [-0.15, -0.1) is 0 Å². The second-order valence-corrected chi connectivity index (χ2v) is 4.24. The van der Waals surface area contributed by atoms with Gasteiger partial charge < -0.3 is 14.8 Å². The van der Waals surface area contributed by atoms with E-state index in [9.17, 15) is 0 Å². The lowest BCUT2D eigenvalue weighted by Gasteiger charge is -2.06. The van der Waals surface area contributed by atoms with Crippen molar-refractivity contribution in [3.8, 4) is 5.88 Å². The van der Waals surface area contributed by atoms with E-state index in [0.717, 1.165) is 37.9 Å². The molecule has 0 unspecified atom stereocenters. The summed E-state index contributed by atoms with van der Waals surface area (Å²) in [6.07, 6.45) is 5.17. The van der Waals surface area contributed by atoms with E-state index in [0.29, 0.717) is 5.88 Å². The lowest BCUT2D eigenvalue weighted by Crippen LogP contribution is -2.08. The van der Waals surface area contributed by atoms with Crippen LogP contribution < -0.4 is 10.1 Å². The first-order valence-corrected chi connectivity index (χ1v) is 6.06. The molecule has 5 heteroatoms. The van der Waals surface area contributed by atoms with Crippen molar-refractivity contribution < 1.29 is 9.47 Å². The summed E-state index contributed by atoms with van der Waals surface area (Å²) in [6.45, 7) is 2.60. The minimum atomic E-state index is 0.576. The van der Waals surface area contributed by atoms with E-state index >= 15 is 0 Å². The van der Waals surface area contributed by atoms with E-state index in [4.69, 9.17) is 9.47 Å². The maximum absolute atomic E-state index is 5.54. The second-order valence-electron chi connectivity index (χ2n) is 4.24. The van der Waals surface area contributed by atoms with Gasteiger partial charge in [0.2, 0.25) is 5.88 Å². The molecule has 1 aliphatic rings. The summed E-state index contributed by atoms with van der Waals surface area (Å²) < 4.78 is 10.6. The Morgan fingerprint density at radius 3 is 3.06 bits per heavy atom. The minimum absolute atomic E-state index is 0.576. The van der Waals surface area contributed by atoms with Crippen molar-refractivity contribution in [2.45, 2.75) is 19.3 Å². The van der Waals surface area contributed by atoms with Crippen LogP contribution in [-0.2, 0) is 4.74 Å². The molecule has 1 saturated carbocycles. The molecule has 0 atom stereocenters. The summed E-state index contributed by atoms with van der Waals surface area (Å²) in [5.41, 5.74) is 0. The van der Waals surface area contributed by atoms with E-state index in [1.165, 1.54) is 19.2 Å². The van der Waals surface area contributed by atoms with Crippen molar-refractivity contribution >= 4 is 5.82 Å². The molecule has 1 aromatic heterocycles. The normalized spacial score (nSPS) is 14.6. The molecule has 0 amide bonds. The van der Waals surface area contributed by atoms with Gasteiger partial charge in [-0.25, -0.2) is 9.97 Å². The zero-order valence-corrected chi connectivity index (χ0v) is 10.2. The Morgan fingerprint density at radius 2 is 2.29 bits per heavy atom. The highest BCUT2D eigenvalue weighted by molar-refractivity contribution is 5.36. The Hall–Kier alpha value is -1.36. The summed E-state index contributed by atoms with van der Waals surface area (Å²) in [5, 5.41) is 3.21. The number of nitrogens with one attached hydrogen (secondary N) is 1. The minimum Gasteiger partial charge on any atom is -0.481 e. The maximum Gasteiger partial charge on any atom is 0.218 e. The highest BCUT2D eigenvalue weighted by atomic mass is 16.5. The third-order valence-corrected chi connectivity index (χ3v) is 2.67. The third kappa shape index (κ3) is 4.56. The van der Waals surface area contributed by atoms with Crippen LogP contribution in [0.3, 0.4) is 0 Å². The number of aromatic nitrogens is 2. The van der Waals surface area contributed by atoms with Crippen molar-refractivity contribution in [3.63, 3.8) is 0 Å². The molecule has 1 N–H and O–H groups in total. The number of methoxy groups -OCH3 is 1. The van der Waals surface area contributed by atoms with Crippen LogP contribution in [0.2, 0.25) is 0 Å². The van der Waals surface area contributed by atoms with Crippen LogP contribution in [0.4, 0.5) is 5.82 Å². The molecule has 94 valence electrons. The molecule has 0 aromatic carbocycles. The smallest absolute Gasteiger partial charge is 0.218 e. The molecule has 17 heavy (non-hydrogen) atoms. The van der Waals surface area contributed by atoms with E-state index in [1.54, 1.807) is 13.2 Å². The van der Waals surface area contributed by atoms with Crippen LogP contribution in [0.1, 0.15) is 19.3 Å². The summed E-state index contributed by atoms with van der Waals surface area (Å²) in [5.74, 6) is 2.21. The van der Waals surface area contributed by atoms with E-state index in [-0.39, 0.29) is 0 Å². The lowest BCUT2D eigenvalue weighted by molar-refractivity contribution is 0.124. The van der Waals surface area contributed by atoms with Gasteiger partial charge in [0.1, 0.15) is 12.1 Å². The van der Waals surface area contributed by atoms with Gasteiger partial charge in [0.05, 0.1) is 7.11 Å². The monoisotopic (exact) mass is 237 g/mol. The van der Waals surface area contributed by atoms with Crippen LogP contribution in [0, 0.1) is 5.92 Å². The predicted molar refractivity (Wildman–Crippen MR) is 65.2 cm³/mol. The van der Waals surface area contributed by atoms with Gasteiger partial charge in [-0.3, -0.25) is 0 Å². The number of anilines is 1. The maximum atomic E-state index is 5.54. The molecule has 2 rings (SSSR count). The molecular formula is C12H19N3O2. The Balaban J connectivity index is 1.56. The fourth-order valence-electron chi connectivity index (χ4n) is 1.47. The van der Waals surface area contributed by atoms with Crippen molar-refractivity contribution in [2.75, 3.05) is 32.2 Å². The first-order chi connectivity index (χ1) is 8.38. The van der Waals surface area contributed by atoms with Crippen molar-refractivity contribution in [1.82, 2.24) is 9.97 Å². The van der Waals surface area contributed by atoms with Crippen molar-refractivity contribution in [2.24, 2.45) is 5.92 Å². The quantitative estimate of drug-likeness (QED) is 0.698. The fraction of sp³-hybridized carbons (Fsp3) is 0.667. The van der Waals surface area contributed by atoms with Crippen LogP contribution in [-0.4, -0.2) is 36.8 Å². The lowest BCUT2D eigenvalue weighted by atomic mass is 10.4. The molecular weight excluding hydrogens is 218 g/mol. The SMILES string of the molecule is COc1cc(NCCCOCC2CC2)ncn1. The molecule has 0 saturated heterocycles. The van der Waals surface area contributed by atoms with Crippen LogP contribution in [0.15, 0.2) is 12.4 Å². The van der Waals surface area contributed by atoms with Gasteiger partial charge >= 0.3 is 0 Å². The Labute approximate surface area is 102 Å². The largest absolute Gasteiger partial charge is 0.481 e. The molecule has 0 aliphatic heterocycles. The standard InChI is InChI=1S/C12H19N3O2/c1-16-12-7-11(14-9-15-12)13-5-2-6-17-8-10-3-4-10/h7,9-10H,2-6,8H2,1H3,(H,13,14,15). The average Bonchev–Trinajstić information content (AvgIpc) is 3.18. The highest BCUT2D eigenvalue weighted by Gasteiger charge is 2.20. The van der Waals surface area contributed by atoms with Gasteiger partial charge in [0.15, 0.2) is 0 Å². The Bertz CT molecular complexity index is 342. The summed E-state index contributed by atoms with van der Waals surface area (Å²) in [6, 6.07) is 1.78.